The maximum absolute atomic E-state index is 6.55. The fourth-order valence-corrected chi connectivity index (χ4v) is 9.67. The molecule has 0 saturated carbocycles. The van der Waals surface area contributed by atoms with E-state index in [0.717, 1.165) is 38.8 Å². The highest BCUT2D eigenvalue weighted by molar-refractivity contribution is 6.28. The van der Waals surface area contributed by atoms with Gasteiger partial charge in [-0.25, -0.2) is 0 Å². The van der Waals surface area contributed by atoms with E-state index in [1.54, 1.807) is 0 Å². The molecule has 0 saturated heterocycles. The van der Waals surface area contributed by atoms with Crippen molar-refractivity contribution in [1.29, 1.82) is 0 Å². The van der Waals surface area contributed by atoms with Crippen LogP contribution in [0.15, 0.2) is 186 Å². The van der Waals surface area contributed by atoms with Gasteiger partial charge in [-0.2, -0.15) is 0 Å². The summed E-state index contributed by atoms with van der Waals surface area (Å²) in [4.78, 5) is 0. The van der Waals surface area contributed by atoms with Crippen LogP contribution in [0.5, 0.6) is 0 Å². The molecule has 0 radical (unpaired) electrons. The molecule has 0 spiro atoms. The normalized spacial score (nSPS) is 12.4. The first-order valence-corrected chi connectivity index (χ1v) is 18.9. The second-order valence-electron chi connectivity index (χ2n) is 14.9. The van der Waals surface area contributed by atoms with Crippen molar-refractivity contribution in [3.05, 3.63) is 182 Å². The van der Waals surface area contributed by atoms with Gasteiger partial charge in [0, 0.05) is 49.8 Å². The number of aromatic nitrogens is 2. The Morgan fingerprint density at radius 3 is 1.91 bits per heavy atom. The second-order valence-corrected chi connectivity index (χ2v) is 14.9. The van der Waals surface area contributed by atoms with Gasteiger partial charge in [-0.05, 0) is 92.7 Å². The summed E-state index contributed by atoms with van der Waals surface area (Å²) in [5.41, 5.74) is 16.4. The first-order valence-electron chi connectivity index (χ1n) is 18.9. The molecule has 9 aromatic carbocycles. The van der Waals surface area contributed by atoms with E-state index in [4.69, 9.17) is 4.42 Å². The number of rotatable bonds is 3. The number of nitrogens with zero attached hydrogens (tertiary/aromatic N) is 2. The van der Waals surface area contributed by atoms with Crippen LogP contribution >= 0.6 is 0 Å². The molecule has 0 fully saturated rings. The van der Waals surface area contributed by atoms with Crippen molar-refractivity contribution in [2.45, 2.75) is 0 Å². The molecule has 254 valence electrons. The number of hydrogen-bond donors (Lipinski definition) is 0. The molecule has 3 heterocycles. The SMILES string of the molecule is c1ccc(-c2ccc(-n3c4ccccc4c4c3ccc3c5cc6c(cc5n(-c5ccc7c(c5)-c5cccc8cccc-7c58)c34)oc3ccccc36)cc2)cc1. The van der Waals surface area contributed by atoms with Crippen molar-refractivity contribution in [3.63, 3.8) is 0 Å². The van der Waals surface area contributed by atoms with Crippen LogP contribution in [0, 0.1) is 0 Å². The molecule has 3 heteroatoms. The van der Waals surface area contributed by atoms with Gasteiger partial charge in [0.15, 0.2) is 0 Å². The van der Waals surface area contributed by atoms with Crippen molar-refractivity contribution in [2.75, 3.05) is 0 Å². The van der Waals surface area contributed by atoms with Crippen molar-refractivity contribution < 1.29 is 4.42 Å². The van der Waals surface area contributed by atoms with E-state index in [2.05, 4.69) is 185 Å². The van der Waals surface area contributed by atoms with E-state index in [9.17, 15) is 0 Å². The number of fused-ring (bicyclic) bond motifs is 13. The molecule has 3 nitrogen and oxygen atoms in total. The maximum atomic E-state index is 6.55. The number of para-hydroxylation sites is 2. The molecule has 0 N–H and O–H groups in total. The predicted molar refractivity (Wildman–Crippen MR) is 230 cm³/mol. The lowest BCUT2D eigenvalue weighted by atomic mass is 10.0. The summed E-state index contributed by atoms with van der Waals surface area (Å²) >= 11 is 0. The van der Waals surface area contributed by atoms with Crippen LogP contribution in [-0.2, 0) is 0 Å². The zero-order valence-electron chi connectivity index (χ0n) is 29.6. The predicted octanol–water partition coefficient (Wildman–Crippen LogP) is 14.2. The Morgan fingerprint density at radius 2 is 1.05 bits per heavy atom. The lowest BCUT2D eigenvalue weighted by Crippen LogP contribution is -1.96. The molecule has 55 heavy (non-hydrogen) atoms. The molecule has 0 unspecified atom stereocenters. The van der Waals surface area contributed by atoms with Crippen LogP contribution in [0.1, 0.15) is 0 Å². The van der Waals surface area contributed by atoms with E-state index in [1.165, 1.54) is 82.2 Å². The fraction of sp³-hybridized carbons (Fsp3) is 0. The van der Waals surface area contributed by atoms with Gasteiger partial charge in [0.25, 0.3) is 0 Å². The van der Waals surface area contributed by atoms with Crippen LogP contribution < -0.4 is 0 Å². The third kappa shape index (κ3) is 3.89. The summed E-state index contributed by atoms with van der Waals surface area (Å²) in [6.07, 6.45) is 0. The smallest absolute Gasteiger partial charge is 0.137 e. The van der Waals surface area contributed by atoms with Gasteiger partial charge in [0.2, 0.25) is 0 Å². The summed E-state index contributed by atoms with van der Waals surface area (Å²) in [6.45, 7) is 0. The van der Waals surface area contributed by atoms with Crippen molar-refractivity contribution in [2.24, 2.45) is 0 Å². The zero-order valence-corrected chi connectivity index (χ0v) is 29.6. The standard InChI is InChI=1S/C52H30N2O/c1-2-10-31(11-3-1)32-20-22-34(23-21-32)53-45-18-6-4-15-41(45)51-46(53)27-26-40-43-29-44-37-14-5-7-19-48(37)55-49(44)30-47(43)54(52(40)51)35-24-25-36-38-16-8-12-33-13-9-17-39(50(33)38)42(36)28-35/h1-30H. The number of furan rings is 1. The third-order valence-electron chi connectivity index (χ3n) is 12.0. The largest absolute Gasteiger partial charge is 0.456 e. The van der Waals surface area contributed by atoms with Gasteiger partial charge in [-0.15, -0.1) is 0 Å². The Balaban J connectivity index is 1.15. The molecule has 1 aliphatic carbocycles. The van der Waals surface area contributed by atoms with Crippen molar-refractivity contribution >= 4 is 76.3 Å². The van der Waals surface area contributed by atoms with Gasteiger partial charge in [0.1, 0.15) is 11.2 Å². The molecular formula is C52H30N2O. The van der Waals surface area contributed by atoms with Crippen molar-refractivity contribution in [3.8, 4) is 44.8 Å². The molecule has 3 aromatic heterocycles. The maximum Gasteiger partial charge on any atom is 0.137 e. The van der Waals surface area contributed by atoms with Crippen LogP contribution in [0.25, 0.3) is 121 Å². The highest BCUT2D eigenvalue weighted by Gasteiger charge is 2.25. The van der Waals surface area contributed by atoms with Crippen LogP contribution in [0.2, 0.25) is 0 Å². The molecule has 12 aromatic rings. The van der Waals surface area contributed by atoms with E-state index in [-0.39, 0.29) is 0 Å². The van der Waals surface area contributed by atoms with Gasteiger partial charge in [0.05, 0.1) is 22.1 Å². The Bertz CT molecular complexity index is 3570. The Hall–Kier alpha value is -7.36. The van der Waals surface area contributed by atoms with Crippen LogP contribution in [0.4, 0.5) is 0 Å². The zero-order chi connectivity index (χ0) is 35.8. The average Bonchev–Trinajstić information content (AvgIpc) is 3.97. The Labute approximate surface area is 315 Å². The monoisotopic (exact) mass is 698 g/mol. The summed E-state index contributed by atoms with van der Waals surface area (Å²) in [5.74, 6) is 0. The summed E-state index contributed by atoms with van der Waals surface area (Å²) in [5, 5.41) is 9.80. The topological polar surface area (TPSA) is 23.0 Å². The van der Waals surface area contributed by atoms with Crippen LogP contribution in [-0.4, -0.2) is 9.13 Å². The van der Waals surface area contributed by atoms with Crippen LogP contribution in [0.3, 0.4) is 0 Å². The first-order chi connectivity index (χ1) is 27.3. The lowest BCUT2D eigenvalue weighted by Gasteiger charge is -2.12. The van der Waals surface area contributed by atoms with E-state index < -0.39 is 0 Å². The Kier molecular flexibility index (Phi) is 5.63. The Morgan fingerprint density at radius 1 is 0.327 bits per heavy atom. The first kappa shape index (κ1) is 29.1. The minimum atomic E-state index is 0.897. The molecule has 1 aliphatic rings. The molecular weight excluding hydrogens is 669 g/mol. The molecule has 13 rings (SSSR count). The minimum absolute atomic E-state index is 0.897. The molecule has 0 atom stereocenters. The third-order valence-corrected chi connectivity index (χ3v) is 12.0. The number of hydrogen-bond acceptors (Lipinski definition) is 1. The second kappa shape index (κ2) is 10.6. The molecule has 0 aliphatic heterocycles. The lowest BCUT2D eigenvalue weighted by molar-refractivity contribution is 0.669. The van der Waals surface area contributed by atoms with E-state index >= 15 is 0 Å². The number of benzene rings is 9. The summed E-state index contributed by atoms with van der Waals surface area (Å²) in [6, 6.07) is 66.5. The van der Waals surface area contributed by atoms with Gasteiger partial charge in [-0.1, -0.05) is 127 Å². The highest BCUT2D eigenvalue weighted by Crippen LogP contribution is 2.49. The minimum Gasteiger partial charge on any atom is -0.456 e. The quantitative estimate of drug-likeness (QED) is 0.180. The van der Waals surface area contributed by atoms with Gasteiger partial charge < -0.3 is 13.6 Å². The molecule has 0 amide bonds. The summed E-state index contributed by atoms with van der Waals surface area (Å²) < 4.78 is 11.5. The average molecular weight is 699 g/mol. The fourth-order valence-electron chi connectivity index (χ4n) is 9.67. The van der Waals surface area contributed by atoms with Crippen molar-refractivity contribution in [1.82, 2.24) is 9.13 Å². The van der Waals surface area contributed by atoms with E-state index in [1.807, 2.05) is 6.07 Å². The summed E-state index contributed by atoms with van der Waals surface area (Å²) in [7, 11) is 0. The van der Waals surface area contributed by atoms with Gasteiger partial charge >= 0.3 is 0 Å². The van der Waals surface area contributed by atoms with E-state index in [0.29, 0.717) is 0 Å². The highest BCUT2D eigenvalue weighted by atomic mass is 16.3. The van der Waals surface area contributed by atoms with Gasteiger partial charge in [-0.3, -0.25) is 0 Å². The molecule has 0 bridgehead atoms.